The standard InChI is InChI=1S/C19H31N3O2/c1-16(22-11-4-5-12-22)14-24-15-19(23)20-18-8-6-17(7-9-18)10-13-21(2)3/h6-9,16H,4-5,10-15H2,1-3H3,(H,20,23). The van der Waals surface area contributed by atoms with Crippen molar-refractivity contribution in [3.05, 3.63) is 29.8 Å². The Bertz CT molecular complexity index is 496. The predicted molar refractivity (Wildman–Crippen MR) is 98.4 cm³/mol. The van der Waals surface area contributed by atoms with Crippen LogP contribution in [0.4, 0.5) is 5.69 Å². The van der Waals surface area contributed by atoms with Crippen LogP contribution in [0.2, 0.25) is 0 Å². The number of anilines is 1. The number of ether oxygens (including phenoxy) is 1. The Kier molecular flexibility index (Phi) is 7.69. The first-order chi connectivity index (χ1) is 11.5. The summed E-state index contributed by atoms with van der Waals surface area (Å²) in [6.07, 6.45) is 3.56. The van der Waals surface area contributed by atoms with E-state index < -0.39 is 0 Å². The van der Waals surface area contributed by atoms with Crippen LogP contribution in [0.15, 0.2) is 24.3 Å². The third kappa shape index (κ3) is 6.59. The molecule has 1 atom stereocenters. The van der Waals surface area contributed by atoms with E-state index in [9.17, 15) is 4.79 Å². The molecule has 1 amide bonds. The zero-order valence-electron chi connectivity index (χ0n) is 15.3. The predicted octanol–water partition coefficient (Wildman–Crippen LogP) is 2.23. The Balaban J connectivity index is 1.66. The largest absolute Gasteiger partial charge is 0.370 e. The zero-order valence-corrected chi connectivity index (χ0v) is 15.3. The Morgan fingerprint density at radius 1 is 1.25 bits per heavy atom. The van der Waals surface area contributed by atoms with Crippen LogP contribution >= 0.6 is 0 Å². The molecule has 1 aromatic carbocycles. The third-order valence-electron chi connectivity index (χ3n) is 4.44. The molecule has 5 nitrogen and oxygen atoms in total. The van der Waals surface area contributed by atoms with Crippen LogP contribution < -0.4 is 5.32 Å². The molecule has 24 heavy (non-hydrogen) atoms. The van der Waals surface area contributed by atoms with E-state index in [2.05, 4.69) is 48.3 Å². The van der Waals surface area contributed by atoms with Crippen molar-refractivity contribution in [2.24, 2.45) is 0 Å². The number of benzene rings is 1. The summed E-state index contributed by atoms with van der Waals surface area (Å²) in [4.78, 5) is 16.5. The summed E-state index contributed by atoms with van der Waals surface area (Å²) in [6.45, 7) is 6.20. The number of rotatable bonds is 9. The van der Waals surface area contributed by atoms with Crippen LogP contribution in [0.25, 0.3) is 0 Å². The van der Waals surface area contributed by atoms with Crippen molar-refractivity contribution in [3.63, 3.8) is 0 Å². The van der Waals surface area contributed by atoms with E-state index >= 15 is 0 Å². The molecule has 1 aromatic rings. The molecule has 0 aliphatic carbocycles. The Morgan fingerprint density at radius 2 is 1.92 bits per heavy atom. The first kappa shape index (κ1) is 18.9. The number of likely N-dealkylation sites (N-methyl/N-ethyl adjacent to an activating group) is 1. The van der Waals surface area contributed by atoms with E-state index in [1.54, 1.807) is 0 Å². The summed E-state index contributed by atoms with van der Waals surface area (Å²) >= 11 is 0. The van der Waals surface area contributed by atoms with Gasteiger partial charge in [-0.3, -0.25) is 9.69 Å². The first-order valence-electron chi connectivity index (χ1n) is 8.90. The van der Waals surface area contributed by atoms with Gasteiger partial charge in [0, 0.05) is 18.3 Å². The van der Waals surface area contributed by atoms with Crippen molar-refractivity contribution in [3.8, 4) is 0 Å². The van der Waals surface area contributed by atoms with Crippen LogP contribution in [-0.2, 0) is 16.0 Å². The van der Waals surface area contributed by atoms with Crippen molar-refractivity contribution >= 4 is 11.6 Å². The summed E-state index contributed by atoms with van der Waals surface area (Å²) < 4.78 is 5.57. The molecule has 1 aliphatic rings. The maximum Gasteiger partial charge on any atom is 0.250 e. The third-order valence-corrected chi connectivity index (χ3v) is 4.44. The van der Waals surface area contributed by atoms with Crippen molar-refractivity contribution in [1.82, 2.24) is 9.80 Å². The molecule has 5 heteroatoms. The van der Waals surface area contributed by atoms with Gasteiger partial charge in [0.2, 0.25) is 5.91 Å². The summed E-state index contributed by atoms with van der Waals surface area (Å²) in [6, 6.07) is 8.42. The van der Waals surface area contributed by atoms with Crippen LogP contribution in [0, 0.1) is 0 Å². The number of carbonyl (C=O) groups is 1. The molecule has 0 spiro atoms. The van der Waals surface area contributed by atoms with Gasteiger partial charge in [0.1, 0.15) is 6.61 Å². The minimum atomic E-state index is -0.0929. The van der Waals surface area contributed by atoms with Crippen LogP contribution in [0.5, 0.6) is 0 Å². The van der Waals surface area contributed by atoms with Gasteiger partial charge >= 0.3 is 0 Å². The maximum atomic E-state index is 12.0. The number of hydrogen-bond donors (Lipinski definition) is 1. The molecule has 1 saturated heterocycles. The second-order valence-electron chi connectivity index (χ2n) is 6.91. The van der Waals surface area contributed by atoms with E-state index in [0.717, 1.165) is 31.7 Å². The summed E-state index contributed by atoms with van der Waals surface area (Å²) in [5.41, 5.74) is 2.10. The van der Waals surface area contributed by atoms with E-state index in [1.807, 2.05) is 12.1 Å². The van der Waals surface area contributed by atoms with Gasteiger partial charge in [-0.2, -0.15) is 0 Å². The van der Waals surface area contributed by atoms with Gasteiger partial charge in [0.15, 0.2) is 0 Å². The molecule has 0 aromatic heterocycles. The minimum Gasteiger partial charge on any atom is -0.370 e. The molecular formula is C19H31N3O2. The Hall–Kier alpha value is -1.43. The molecule has 1 heterocycles. The molecule has 1 unspecified atom stereocenters. The molecule has 1 fully saturated rings. The normalized spacial score (nSPS) is 16.5. The lowest BCUT2D eigenvalue weighted by Gasteiger charge is -2.23. The smallest absolute Gasteiger partial charge is 0.250 e. The number of likely N-dealkylation sites (tertiary alicyclic amines) is 1. The highest BCUT2D eigenvalue weighted by Gasteiger charge is 2.18. The topological polar surface area (TPSA) is 44.8 Å². The fraction of sp³-hybridized carbons (Fsp3) is 0.632. The summed E-state index contributed by atoms with van der Waals surface area (Å²) in [5, 5.41) is 2.89. The second kappa shape index (κ2) is 9.77. The van der Waals surface area contributed by atoms with Crippen LogP contribution in [0.3, 0.4) is 0 Å². The number of carbonyl (C=O) groups excluding carboxylic acids is 1. The molecule has 0 bridgehead atoms. The first-order valence-corrected chi connectivity index (χ1v) is 8.90. The van der Waals surface area contributed by atoms with E-state index in [1.165, 1.54) is 18.4 Å². The maximum absolute atomic E-state index is 12.0. The molecule has 0 saturated carbocycles. The number of nitrogens with one attached hydrogen (secondary N) is 1. The van der Waals surface area contributed by atoms with Gasteiger partial charge in [0.25, 0.3) is 0 Å². The number of nitrogens with zero attached hydrogens (tertiary/aromatic N) is 2. The van der Waals surface area contributed by atoms with Gasteiger partial charge in [-0.1, -0.05) is 12.1 Å². The highest BCUT2D eigenvalue weighted by molar-refractivity contribution is 5.91. The minimum absolute atomic E-state index is 0.0929. The quantitative estimate of drug-likeness (QED) is 0.753. The summed E-state index contributed by atoms with van der Waals surface area (Å²) in [7, 11) is 4.14. The van der Waals surface area contributed by atoms with E-state index in [4.69, 9.17) is 4.74 Å². The lowest BCUT2D eigenvalue weighted by molar-refractivity contribution is -0.121. The SMILES string of the molecule is CC(COCC(=O)Nc1ccc(CCN(C)C)cc1)N1CCCC1. The number of amides is 1. The van der Waals surface area contributed by atoms with E-state index in [0.29, 0.717) is 12.6 Å². The lowest BCUT2D eigenvalue weighted by Crippen LogP contribution is -2.34. The molecule has 1 N–H and O–H groups in total. The molecule has 1 aliphatic heterocycles. The molecule has 2 rings (SSSR count). The zero-order chi connectivity index (χ0) is 17.4. The molecular weight excluding hydrogens is 302 g/mol. The van der Waals surface area contributed by atoms with Crippen molar-refractivity contribution in [2.75, 3.05) is 52.3 Å². The van der Waals surface area contributed by atoms with Gasteiger partial charge in [-0.05, 0) is 71.1 Å². The van der Waals surface area contributed by atoms with Crippen molar-refractivity contribution in [2.45, 2.75) is 32.2 Å². The fourth-order valence-electron chi connectivity index (χ4n) is 2.91. The highest BCUT2D eigenvalue weighted by Crippen LogP contribution is 2.12. The van der Waals surface area contributed by atoms with Crippen LogP contribution in [0.1, 0.15) is 25.3 Å². The van der Waals surface area contributed by atoms with Gasteiger partial charge in [-0.25, -0.2) is 0 Å². The highest BCUT2D eigenvalue weighted by atomic mass is 16.5. The molecule has 134 valence electrons. The average molecular weight is 333 g/mol. The van der Waals surface area contributed by atoms with Gasteiger partial charge in [0.05, 0.1) is 6.61 Å². The summed E-state index contributed by atoms with van der Waals surface area (Å²) in [5.74, 6) is -0.0929. The monoisotopic (exact) mass is 333 g/mol. The van der Waals surface area contributed by atoms with Crippen molar-refractivity contribution < 1.29 is 9.53 Å². The Morgan fingerprint density at radius 3 is 2.54 bits per heavy atom. The number of hydrogen-bond acceptors (Lipinski definition) is 4. The average Bonchev–Trinajstić information content (AvgIpc) is 3.08. The Labute approximate surface area is 146 Å². The second-order valence-corrected chi connectivity index (χ2v) is 6.91. The van der Waals surface area contributed by atoms with Gasteiger partial charge in [-0.15, -0.1) is 0 Å². The van der Waals surface area contributed by atoms with Crippen LogP contribution in [-0.4, -0.2) is 68.7 Å². The van der Waals surface area contributed by atoms with Crippen molar-refractivity contribution in [1.29, 1.82) is 0 Å². The fourth-order valence-corrected chi connectivity index (χ4v) is 2.91. The lowest BCUT2D eigenvalue weighted by atomic mass is 10.1. The van der Waals surface area contributed by atoms with Gasteiger partial charge < -0.3 is 15.0 Å². The molecule has 0 radical (unpaired) electrons. The van der Waals surface area contributed by atoms with E-state index in [-0.39, 0.29) is 12.5 Å².